The molecule has 1 rings (SSSR count). The molecule has 1 aromatic carbocycles. The van der Waals surface area contributed by atoms with E-state index in [1.165, 1.54) is 12.1 Å². The van der Waals surface area contributed by atoms with Crippen molar-refractivity contribution in [2.24, 2.45) is 0 Å². The van der Waals surface area contributed by atoms with Crippen LogP contribution < -0.4 is 10.0 Å². The van der Waals surface area contributed by atoms with Crippen LogP contribution in [0.2, 0.25) is 5.02 Å². The number of halogens is 2. The number of carbonyl (C=O) groups is 1. The van der Waals surface area contributed by atoms with Crippen LogP contribution in [0.1, 0.15) is 26.7 Å². The molecule has 1 aromatic rings. The van der Waals surface area contributed by atoms with Crippen LogP contribution in [0.5, 0.6) is 0 Å². The van der Waals surface area contributed by atoms with Crippen LogP contribution in [0.25, 0.3) is 0 Å². The van der Waals surface area contributed by atoms with Gasteiger partial charge in [-0.3, -0.25) is 4.79 Å². The zero-order valence-corrected chi connectivity index (χ0v) is 15.0. The van der Waals surface area contributed by atoms with Crippen LogP contribution in [0.4, 0.5) is 0 Å². The van der Waals surface area contributed by atoms with Crippen molar-refractivity contribution in [3.05, 3.63) is 27.7 Å². The summed E-state index contributed by atoms with van der Waals surface area (Å²) >= 11 is 9.13. The predicted molar refractivity (Wildman–Crippen MR) is 86.9 cm³/mol. The van der Waals surface area contributed by atoms with Crippen LogP contribution in [-0.4, -0.2) is 26.9 Å². The molecule has 1 unspecified atom stereocenters. The second-order valence-electron chi connectivity index (χ2n) is 4.60. The molecular formula is C13H18BrClN2O3S. The maximum Gasteiger partial charge on any atom is 0.242 e. The first-order valence-corrected chi connectivity index (χ1v) is 9.15. The Labute approximate surface area is 138 Å². The smallest absolute Gasteiger partial charge is 0.242 e. The van der Waals surface area contributed by atoms with E-state index in [-0.39, 0.29) is 34.8 Å². The van der Waals surface area contributed by atoms with Gasteiger partial charge in [0.1, 0.15) is 4.90 Å². The van der Waals surface area contributed by atoms with E-state index in [9.17, 15) is 13.2 Å². The molecule has 2 N–H and O–H groups in total. The standard InChI is InChI=1S/C13H18BrClN2O3S/c1-3-9(2)17-13(18)6-7-16-21(19,20)12-5-4-10(14)8-11(12)15/h4-5,8-9,16H,3,6-7H2,1-2H3,(H,17,18). The Bertz CT molecular complexity index is 607. The number of rotatable bonds is 7. The molecule has 0 spiro atoms. The zero-order valence-electron chi connectivity index (χ0n) is 11.8. The Hall–Kier alpha value is -0.630. The molecule has 1 amide bonds. The van der Waals surface area contributed by atoms with Crippen molar-refractivity contribution in [1.82, 2.24) is 10.0 Å². The predicted octanol–water partition coefficient (Wildman–Crippen LogP) is 2.69. The zero-order chi connectivity index (χ0) is 16.0. The Kier molecular flexibility index (Phi) is 7.12. The summed E-state index contributed by atoms with van der Waals surface area (Å²) in [6, 6.07) is 4.59. The summed E-state index contributed by atoms with van der Waals surface area (Å²) in [6.45, 7) is 3.88. The van der Waals surface area contributed by atoms with Gasteiger partial charge in [0.2, 0.25) is 15.9 Å². The summed E-state index contributed by atoms with van der Waals surface area (Å²) in [7, 11) is -3.72. The van der Waals surface area contributed by atoms with Crippen molar-refractivity contribution >= 4 is 43.5 Å². The second-order valence-corrected chi connectivity index (χ2v) is 7.66. The first kappa shape index (κ1) is 18.4. The van der Waals surface area contributed by atoms with Gasteiger partial charge in [-0.15, -0.1) is 0 Å². The van der Waals surface area contributed by atoms with Gasteiger partial charge in [-0.1, -0.05) is 34.5 Å². The van der Waals surface area contributed by atoms with Gasteiger partial charge in [-0.25, -0.2) is 13.1 Å². The van der Waals surface area contributed by atoms with Crippen molar-refractivity contribution < 1.29 is 13.2 Å². The lowest BCUT2D eigenvalue weighted by molar-refractivity contribution is -0.121. The molecule has 0 saturated carbocycles. The van der Waals surface area contributed by atoms with Crippen LogP contribution in [0, 0.1) is 0 Å². The average molecular weight is 398 g/mol. The lowest BCUT2D eigenvalue weighted by Gasteiger charge is -2.12. The monoisotopic (exact) mass is 396 g/mol. The summed E-state index contributed by atoms with van der Waals surface area (Å²) in [6.07, 6.45) is 0.906. The van der Waals surface area contributed by atoms with E-state index in [0.717, 1.165) is 6.42 Å². The van der Waals surface area contributed by atoms with Crippen molar-refractivity contribution in [3.63, 3.8) is 0 Å². The van der Waals surface area contributed by atoms with E-state index in [2.05, 4.69) is 26.0 Å². The molecule has 0 aromatic heterocycles. The maximum atomic E-state index is 12.1. The highest BCUT2D eigenvalue weighted by molar-refractivity contribution is 9.10. The fourth-order valence-electron chi connectivity index (χ4n) is 1.52. The molecule has 1 atom stereocenters. The molecule has 0 bridgehead atoms. The number of amides is 1. The minimum atomic E-state index is -3.72. The van der Waals surface area contributed by atoms with Gasteiger partial charge in [-0.2, -0.15) is 0 Å². The molecule has 0 heterocycles. The van der Waals surface area contributed by atoms with Crippen LogP contribution >= 0.6 is 27.5 Å². The molecule has 21 heavy (non-hydrogen) atoms. The van der Waals surface area contributed by atoms with Gasteiger partial charge in [0.15, 0.2) is 0 Å². The summed E-state index contributed by atoms with van der Waals surface area (Å²) in [5.41, 5.74) is 0. The first-order chi connectivity index (χ1) is 9.76. The van der Waals surface area contributed by atoms with E-state index >= 15 is 0 Å². The van der Waals surface area contributed by atoms with Gasteiger partial charge >= 0.3 is 0 Å². The highest BCUT2D eigenvalue weighted by atomic mass is 79.9. The largest absolute Gasteiger partial charge is 0.354 e. The van der Waals surface area contributed by atoms with E-state index in [1.807, 2.05) is 13.8 Å². The quantitative estimate of drug-likeness (QED) is 0.743. The summed E-state index contributed by atoms with van der Waals surface area (Å²) in [5.74, 6) is -0.186. The summed E-state index contributed by atoms with van der Waals surface area (Å²) in [5, 5.41) is 2.89. The maximum absolute atomic E-state index is 12.1. The Morgan fingerprint density at radius 1 is 1.43 bits per heavy atom. The minimum Gasteiger partial charge on any atom is -0.354 e. The van der Waals surface area contributed by atoms with Gasteiger partial charge in [-0.05, 0) is 31.5 Å². The molecule has 5 nitrogen and oxygen atoms in total. The number of hydrogen-bond acceptors (Lipinski definition) is 3. The fourth-order valence-corrected chi connectivity index (χ4v) is 3.59. The summed E-state index contributed by atoms with van der Waals surface area (Å²) in [4.78, 5) is 11.6. The number of benzene rings is 1. The SMILES string of the molecule is CCC(C)NC(=O)CCNS(=O)(=O)c1ccc(Br)cc1Cl. The van der Waals surface area contributed by atoms with Crippen LogP contribution in [-0.2, 0) is 14.8 Å². The van der Waals surface area contributed by atoms with Gasteiger partial charge < -0.3 is 5.32 Å². The Morgan fingerprint density at radius 2 is 2.10 bits per heavy atom. The van der Waals surface area contributed by atoms with Crippen molar-refractivity contribution in [2.75, 3.05) is 6.54 Å². The van der Waals surface area contributed by atoms with E-state index in [1.54, 1.807) is 6.07 Å². The van der Waals surface area contributed by atoms with E-state index in [4.69, 9.17) is 11.6 Å². The lowest BCUT2D eigenvalue weighted by atomic mass is 10.2. The van der Waals surface area contributed by atoms with E-state index < -0.39 is 10.0 Å². The van der Waals surface area contributed by atoms with Crippen LogP contribution in [0.15, 0.2) is 27.6 Å². The number of sulfonamides is 1. The highest BCUT2D eigenvalue weighted by Crippen LogP contribution is 2.24. The minimum absolute atomic E-state index is 0.00491. The molecule has 0 radical (unpaired) electrons. The van der Waals surface area contributed by atoms with Gasteiger partial charge in [0, 0.05) is 23.5 Å². The summed E-state index contributed by atoms with van der Waals surface area (Å²) < 4.78 is 27.2. The molecule has 0 aliphatic carbocycles. The third kappa shape index (κ3) is 5.94. The van der Waals surface area contributed by atoms with Crippen molar-refractivity contribution in [1.29, 1.82) is 0 Å². The molecule has 8 heteroatoms. The van der Waals surface area contributed by atoms with Crippen LogP contribution in [0.3, 0.4) is 0 Å². The second kappa shape index (κ2) is 8.12. The molecule has 0 saturated heterocycles. The van der Waals surface area contributed by atoms with Crippen molar-refractivity contribution in [2.45, 2.75) is 37.6 Å². The molecule has 118 valence electrons. The number of carbonyl (C=O) groups excluding carboxylic acids is 1. The first-order valence-electron chi connectivity index (χ1n) is 6.50. The Balaban J connectivity index is 2.60. The molecule has 0 aliphatic rings. The highest BCUT2D eigenvalue weighted by Gasteiger charge is 2.18. The number of hydrogen-bond donors (Lipinski definition) is 2. The third-order valence-electron chi connectivity index (χ3n) is 2.85. The van der Waals surface area contributed by atoms with Gasteiger partial charge in [0.05, 0.1) is 5.02 Å². The third-order valence-corrected chi connectivity index (χ3v) is 5.28. The van der Waals surface area contributed by atoms with E-state index in [0.29, 0.717) is 4.47 Å². The topological polar surface area (TPSA) is 75.3 Å². The lowest BCUT2D eigenvalue weighted by Crippen LogP contribution is -2.35. The van der Waals surface area contributed by atoms with Gasteiger partial charge in [0.25, 0.3) is 0 Å². The Morgan fingerprint density at radius 3 is 2.67 bits per heavy atom. The fraction of sp³-hybridized carbons (Fsp3) is 0.462. The molecule has 0 fully saturated rings. The number of nitrogens with one attached hydrogen (secondary N) is 2. The normalized spacial score (nSPS) is 13.0. The average Bonchev–Trinajstić information content (AvgIpc) is 2.37. The molecule has 0 aliphatic heterocycles. The molecular weight excluding hydrogens is 380 g/mol. The van der Waals surface area contributed by atoms with Crippen molar-refractivity contribution in [3.8, 4) is 0 Å².